The Bertz CT molecular complexity index is 1430. The number of aromatic nitrogens is 3. The molecule has 0 unspecified atom stereocenters. The maximum absolute atomic E-state index is 13.8. The SMILES string of the molecule is COc1ccc(-c2c(C)nc3c(C4=CCCCC4)c(-c4ccc(COCCl)cc4)[nH]n3c2=O)cc1. The molecule has 6 nitrogen and oxygen atoms in total. The molecule has 2 aromatic carbocycles. The highest BCUT2D eigenvalue weighted by molar-refractivity contribution is 6.17. The summed E-state index contributed by atoms with van der Waals surface area (Å²) in [5.41, 5.74) is 7.83. The molecule has 0 radical (unpaired) electrons. The highest BCUT2D eigenvalue weighted by Crippen LogP contribution is 2.36. The van der Waals surface area contributed by atoms with E-state index >= 15 is 0 Å². The number of H-pyrrole nitrogens is 1. The van der Waals surface area contributed by atoms with Gasteiger partial charge in [0, 0.05) is 11.1 Å². The molecule has 0 saturated heterocycles. The monoisotopic (exact) mass is 489 g/mol. The Morgan fingerprint density at radius 3 is 2.43 bits per heavy atom. The zero-order valence-electron chi connectivity index (χ0n) is 19.9. The quantitative estimate of drug-likeness (QED) is 0.307. The van der Waals surface area contributed by atoms with Crippen LogP contribution in [0.25, 0.3) is 33.6 Å². The van der Waals surface area contributed by atoms with E-state index in [4.69, 9.17) is 26.1 Å². The van der Waals surface area contributed by atoms with E-state index in [-0.39, 0.29) is 11.6 Å². The first kappa shape index (κ1) is 23.4. The molecule has 1 N–H and O–H groups in total. The number of aromatic amines is 1. The number of alkyl halides is 1. The Kier molecular flexibility index (Phi) is 6.75. The van der Waals surface area contributed by atoms with Gasteiger partial charge in [-0.15, -0.1) is 0 Å². The molecule has 1 aliphatic rings. The number of allylic oxidation sites excluding steroid dienone is 2. The van der Waals surface area contributed by atoms with Gasteiger partial charge in [-0.25, -0.2) is 4.98 Å². The molecule has 0 aliphatic heterocycles. The van der Waals surface area contributed by atoms with Crippen molar-refractivity contribution in [2.24, 2.45) is 0 Å². The summed E-state index contributed by atoms with van der Waals surface area (Å²) in [6.45, 7) is 2.36. The van der Waals surface area contributed by atoms with Gasteiger partial charge in [-0.3, -0.25) is 9.89 Å². The third-order valence-electron chi connectivity index (χ3n) is 6.54. The van der Waals surface area contributed by atoms with Crippen molar-refractivity contribution in [3.8, 4) is 28.1 Å². The second-order valence-corrected chi connectivity index (χ2v) is 8.97. The standard InChI is InChI=1S/C28H28ClN3O3/c1-18-24(21-12-14-23(34-2)15-13-21)28(33)32-27(30-18)25(20-6-4-3-5-7-20)26(31-32)22-10-8-19(9-11-22)16-35-17-29/h6,8-15,31H,3-5,7,16-17H2,1-2H3. The Hall–Kier alpha value is -3.35. The van der Waals surface area contributed by atoms with Gasteiger partial charge in [0.1, 0.15) is 11.8 Å². The number of hydrogen-bond acceptors (Lipinski definition) is 4. The van der Waals surface area contributed by atoms with Crippen LogP contribution in [0.1, 0.15) is 42.5 Å². The highest BCUT2D eigenvalue weighted by Gasteiger charge is 2.23. The number of methoxy groups -OCH3 is 1. The van der Waals surface area contributed by atoms with Gasteiger partial charge in [0.25, 0.3) is 5.56 Å². The molecule has 0 fully saturated rings. The van der Waals surface area contributed by atoms with Crippen molar-refractivity contribution in [3.63, 3.8) is 0 Å². The smallest absolute Gasteiger partial charge is 0.280 e. The molecule has 0 amide bonds. The summed E-state index contributed by atoms with van der Waals surface area (Å²) >= 11 is 5.65. The first-order valence-corrected chi connectivity index (χ1v) is 12.4. The van der Waals surface area contributed by atoms with Crippen LogP contribution in [0.3, 0.4) is 0 Å². The molecule has 0 saturated carbocycles. The number of fused-ring (bicyclic) bond motifs is 1. The van der Waals surface area contributed by atoms with Gasteiger partial charge in [0.15, 0.2) is 5.65 Å². The Morgan fingerprint density at radius 2 is 1.77 bits per heavy atom. The summed E-state index contributed by atoms with van der Waals surface area (Å²) in [6.07, 6.45) is 6.61. The van der Waals surface area contributed by atoms with Crippen LogP contribution in [0.4, 0.5) is 0 Å². The summed E-state index contributed by atoms with van der Waals surface area (Å²) in [5, 5.41) is 3.39. The van der Waals surface area contributed by atoms with Crippen molar-refractivity contribution in [2.75, 3.05) is 13.2 Å². The molecule has 0 atom stereocenters. The lowest BCUT2D eigenvalue weighted by Gasteiger charge is -2.14. The van der Waals surface area contributed by atoms with E-state index < -0.39 is 0 Å². The van der Waals surface area contributed by atoms with Gasteiger partial charge in [-0.1, -0.05) is 54.1 Å². The third kappa shape index (κ3) is 4.51. The molecular weight excluding hydrogens is 462 g/mol. The van der Waals surface area contributed by atoms with E-state index in [9.17, 15) is 4.79 Å². The molecule has 180 valence electrons. The van der Waals surface area contributed by atoms with Crippen LogP contribution >= 0.6 is 11.6 Å². The predicted molar refractivity (Wildman–Crippen MR) is 140 cm³/mol. The van der Waals surface area contributed by atoms with Gasteiger partial charge in [0.05, 0.1) is 30.7 Å². The van der Waals surface area contributed by atoms with Crippen LogP contribution < -0.4 is 10.3 Å². The van der Waals surface area contributed by atoms with Crippen molar-refractivity contribution in [3.05, 3.63) is 81.8 Å². The second kappa shape index (κ2) is 10.1. The normalized spacial score (nSPS) is 13.7. The number of nitrogens with zero attached hydrogens (tertiary/aromatic N) is 2. The van der Waals surface area contributed by atoms with E-state index in [2.05, 4.69) is 11.2 Å². The fourth-order valence-electron chi connectivity index (χ4n) is 4.77. The van der Waals surface area contributed by atoms with Crippen molar-refractivity contribution in [1.29, 1.82) is 0 Å². The number of benzene rings is 2. The van der Waals surface area contributed by atoms with Crippen molar-refractivity contribution in [2.45, 2.75) is 39.2 Å². The number of ether oxygens (including phenoxy) is 2. The zero-order valence-corrected chi connectivity index (χ0v) is 20.7. The Morgan fingerprint density at radius 1 is 1.03 bits per heavy atom. The summed E-state index contributed by atoms with van der Waals surface area (Å²) in [6, 6.07) is 15.8. The van der Waals surface area contributed by atoms with E-state index in [1.807, 2.05) is 55.5 Å². The van der Waals surface area contributed by atoms with Crippen molar-refractivity contribution >= 4 is 22.8 Å². The summed E-state index contributed by atoms with van der Waals surface area (Å²) in [4.78, 5) is 18.7. The molecular formula is C28H28ClN3O3. The molecule has 2 heterocycles. The maximum atomic E-state index is 13.8. The molecule has 1 aliphatic carbocycles. The van der Waals surface area contributed by atoms with E-state index in [0.29, 0.717) is 23.5 Å². The van der Waals surface area contributed by atoms with Crippen LogP contribution in [-0.4, -0.2) is 27.8 Å². The predicted octanol–water partition coefficient (Wildman–Crippen LogP) is 6.34. The van der Waals surface area contributed by atoms with Crippen LogP contribution in [0, 0.1) is 6.92 Å². The Balaban J connectivity index is 1.69. The van der Waals surface area contributed by atoms with Crippen LogP contribution in [0.5, 0.6) is 5.75 Å². The molecule has 5 rings (SSSR count). The van der Waals surface area contributed by atoms with Crippen molar-refractivity contribution in [1.82, 2.24) is 14.6 Å². The van der Waals surface area contributed by atoms with Crippen LogP contribution in [0.2, 0.25) is 0 Å². The van der Waals surface area contributed by atoms with Crippen molar-refractivity contribution < 1.29 is 9.47 Å². The minimum atomic E-state index is -0.117. The lowest BCUT2D eigenvalue weighted by Crippen LogP contribution is -2.19. The fraction of sp³-hybridized carbons (Fsp3) is 0.286. The van der Waals surface area contributed by atoms with E-state index in [1.54, 1.807) is 11.6 Å². The minimum Gasteiger partial charge on any atom is -0.497 e. The minimum absolute atomic E-state index is 0.117. The molecule has 7 heteroatoms. The molecule has 2 aromatic heterocycles. The zero-order chi connectivity index (χ0) is 24.4. The van der Waals surface area contributed by atoms with Gasteiger partial charge in [-0.05, 0) is 61.4 Å². The van der Waals surface area contributed by atoms with E-state index in [0.717, 1.165) is 53.0 Å². The van der Waals surface area contributed by atoms with Gasteiger partial charge in [0.2, 0.25) is 0 Å². The first-order chi connectivity index (χ1) is 17.1. The molecule has 35 heavy (non-hydrogen) atoms. The van der Waals surface area contributed by atoms with Gasteiger partial charge in [-0.2, -0.15) is 4.52 Å². The number of halogens is 1. The molecule has 4 aromatic rings. The number of nitrogens with one attached hydrogen (secondary N) is 1. The molecule has 0 spiro atoms. The lowest BCUT2D eigenvalue weighted by molar-refractivity contribution is 0.165. The number of aryl methyl sites for hydroxylation is 1. The fourth-order valence-corrected chi connectivity index (χ4v) is 4.85. The Labute approximate surface area is 209 Å². The largest absolute Gasteiger partial charge is 0.497 e. The average molecular weight is 490 g/mol. The first-order valence-electron chi connectivity index (χ1n) is 11.8. The van der Waals surface area contributed by atoms with Gasteiger partial charge < -0.3 is 9.47 Å². The van der Waals surface area contributed by atoms with Crippen LogP contribution in [0.15, 0.2) is 59.4 Å². The average Bonchev–Trinajstić information content (AvgIpc) is 3.28. The second-order valence-electron chi connectivity index (χ2n) is 8.76. The summed E-state index contributed by atoms with van der Waals surface area (Å²) in [7, 11) is 1.63. The maximum Gasteiger partial charge on any atom is 0.280 e. The number of hydrogen-bond donors (Lipinski definition) is 1. The third-order valence-corrected chi connectivity index (χ3v) is 6.69. The number of rotatable bonds is 7. The van der Waals surface area contributed by atoms with E-state index in [1.165, 1.54) is 12.0 Å². The lowest BCUT2D eigenvalue weighted by atomic mass is 9.91. The topological polar surface area (TPSA) is 68.6 Å². The summed E-state index contributed by atoms with van der Waals surface area (Å²) < 4.78 is 12.2. The van der Waals surface area contributed by atoms with Crippen LogP contribution in [-0.2, 0) is 11.3 Å². The highest BCUT2D eigenvalue weighted by atomic mass is 35.5. The van der Waals surface area contributed by atoms with Gasteiger partial charge >= 0.3 is 0 Å². The molecule has 0 bridgehead atoms. The summed E-state index contributed by atoms with van der Waals surface area (Å²) in [5.74, 6) is 0.745.